The first-order valence-electron chi connectivity index (χ1n) is 7.85. The van der Waals surface area contributed by atoms with Crippen molar-refractivity contribution in [3.8, 4) is 0 Å². The zero-order valence-corrected chi connectivity index (χ0v) is 13.2. The van der Waals surface area contributed by atoms with Gasteiger partial charge in [-0.3, -0.25) is 0 Å². The number of rotatable bonds is 5. The van der Waals surface area contributed by atoms with Gasteiger partial charge < -0.3 is 10.6 Å². The van der Waals surface area contributed by atoms with E-state index in [9.17, 15) is 0 Å². The van der Waals surface area contributed by atoms with Crippen LogP contribution in [-0.2, 0) is 6.42 Å². The monoisotopic (exact) mass is 290 g/mol. The molecule has 1 aromatic rings. The van der Waals surface area contributed by atoms with Gasteiger partial charge in [0.15, 0.2) is 5.11 Å². The molecule has 2 nitrogen and oxygen atoms in total. The van der Waals surface area contributed by atoms with Crippen LogP contribution in [0.5, 0.6) is 0 Å². The van der Waals surface area contributed by atoms with Gasteiger partial charge in [0.05, 0.1) is 0 Å². The normalized spacial score (nSPS) is 17.4. The topological polar surface area (TPSA) is 24.1 Å². The van der Waals surface area contributed by atoms with E-state index >= 15 is 0 Å². The van der Waals surface area contributed by atoms with Crippen molar-refractivity contribution in [2.75, 3.05) is 0 Å². The summed E-state index contributed by atoms with van der Waals surface area (Å²) in [6.07, 6.45) is 8.79. The Hall–Kier alpha value is -1.09. The van der Waals surface area contributed by atoms with Gasteiger partial charge in [-0.05, 0) is 50.4 Å². The molecule has 3 heteroatoms. The van der Waals surface area contributed by atoms with Gasteiger partial charge in [-0.25, -0.2) is 0 Å². The van der Waals surface area contributed by atoms with E-state index in [-0.39, 0.29) is 0 Å². The number of hydrogen-bond donors (Lipinski definition) is 2. The lowest BCUT2D eigenvalue weighted by atomic mass is 9.96. The molecule has 0 spiro atoms. The predicted molar refractivity (Wildman–Crippen MR) is 90.0 cm³/mol. The fraction of sp³-hybridized carbons (Fsp3) is 0.588. The van der Waals surface area contributed by atoms with Crippen LogP contribution in [0.4, 0.5) is 0 Å². The molecular formula is C17H26N2S. The molecule has 0 aromatic heterocycles. The Bertz CT molecular complexity index is 399. The van der Waals surface area contributed by atoms with E-state index in [1.807, 2.05) is 0 Å². The molecule has 2 rings (SSSR count). The molecule has 110 valence electrons. The van der Waals surface area contributed by atoms with Crippen LogP contribution in [-0.4, -0.2) is 17.2 Å². The van der Waals surface area contributed by atoms with Crippen LogP contribution >= 0.6 is 12.2 Å². The van der Waals surface area contributed by atoms with Crippen molar-refractivity contribution < 1.29 is 0 Å². The summed E-state index contributed by atoms with van der Waals surface area (Å²) in [4.78, 5) is 0. The van der Waals surface area contributed by atoms with Gasteiger partial charge in [0.2, 0.25) is 0 Å². The minimum atomic E-state index is 0.416. The van der Waals surface area contributed by atoms with Crippen molar-refractivity contribution in [3.05, 3.63) is 35.9 Å². The zero-order chi connectivity index (χ0) is 14.2. The third-order valence-electron chi connectivity index (χ3n) is 4.03. The van der Waals surface area contributed by atoms with Crippen molar-refractivity contribution in [1.82, 2.24) is 10.6 Å². The molecule has 1 atom stereocenters. The fourth-order valence-electron chi connectivity index (χ4n) is 2.80. The van der Waals surface area contributed by atoms with Crippen molar-refractivity contribution in [1.29, 1.82) is 0 Å². The lowest BCUT2D eigenvalue weighted by molar-refractivity contribution is 0.410. The Morgan fingerprint density at radius 3 is 2.60 bits per heavy atom. The van der Waals surface area contributed by atoms with Gasteiger partial charge >= 0.3 is 0 Å². The molecule has 1 aliphatic rings. The quantitative estimate of drug-likeness (QED) is 0.807. The van der Waals surface area contributed by atoms with E-state index in [2.05, 4.69) is 47.9 Å². The van der Waals surface area contributed by atoms with E-state index in [0.717, 1.165) is 18.0 Å². The van der Waals surface area contributed by atoms with E-state index < -0.39 is 0 Å². The summed E-state index contributed by atoms with van der Waals surface area (Å²) in [5.41, 5.74) is 1.40. The van der Waals surface area contributed by atoms with Crippen LogP contribution in [0.3, 0.4) is 0 Å². The number of benzene rings is 1. The molecule has 2 N–H and O–H groups in total. The molecule has 0 unspecified atom stereocenters. The number of nitrogens with one attached hydrogen (secondary N) is 2. The van der Waals surface area contributed by atoms with Gasteiger partial charge in [-0.1, -0.05) is 49.6 Å². The molecule has 0 amide bonds. The standard InChI is InChI=1S/C17H26N2S/c1-14(12-13-15-8-4-2-5-9-15)18-17(20)19-16-10-6-3-7-11-16/h2,4-5,8-9,14,16H,3,6-7,10-13H2,1H3,(H2,18,19,20)/t14-/m1/s1. The molecule has 1 aliphatic carbocycles. The molecule has 20 heavy (non-hydrogen) atoms. The van der Waals surface area contributed by atoms with Gasteiger partial charge in [0.25, 0.3) is 0 Å². The minimum absolute atomic E-state index is 0.416. The molecule has 1 aromatic carbocycles. The highest BCUT2D eigenvalue weighted by molar-refractivity contribution is 7.80. The van der Waals surface area contributed by atoms with Gasteiger partial charge in [-0.2, -0.15) is 0 Å². The third kappa shape index (κ3) is 5.49. The van der Waals surface area contributed by atoms with Crippen LogP contribution in [0.2, 0.25) is 0 Å². The van der Waals surface area contributed by atoms with Gasteiger partial charge in [0, 0.05) is 12.1 Å². The lowest BCUT2D eigenvalue weighted by Crippen LogP contribution is -2.45. The minimum Gasteiger partial charge on any atom is -0.360 e. The maximum atomic E-state index is 5.42. The molecule has 0 saturated heterocycles. The maximum absolute atomic E-state index is 5.42. The lowest BCUT2D eigenvalue weighted by Gasteiger charge is -2.26. The SMILES string of the molecule is C[C@H](CCc1ccccc1)NC(=S)NC1CCCCC1. The van der Waals surface area contributed by atoms with Crippen LogP contribution in [0.15, 0.2) is 30.3 Å². The van der Waals surface area contributed by atoms with Crippen LogP contribution in [0.25, 0.3) is 0 Å². The average molecular weight is 290 g/mol. The highest BCUT2D eigenvalue weighted by atomic mass is 32.1. The zero-order valence-electron chi connectivity index (χ0n) is 12.4. The molecule has 0 bridgehead atoms. The Labute approximate surface area is 128 Å². The first kappa shape index (κ1) is 15.3. The van der Waals surface area contributed by atoms with E-state index in [4.69, 9.17) is 12.2 Å². The summed E-state index contributed by atoms with van der Waals surface area (Å²) in [6.45, 7) is 2.21. The number of hydrogen-bond acceptors (Lipinski definition) is 1. The number of thiocarbonyl (C=S) groups is 1. The van der Waals surface area contributed by atoms with Crippen molar-refractivity contribution in [3.63, 3.8) is 0 Å². The molecule has 1 saturated carbocycles. The number of aryl methyl sites for hydroxylation is 1. The maximum Gasteiger partial charge on any atom is 0.166 e. The molecule has 0 aliphatic heterocycles. The Kier molecular flexibility index (Phi) is 6.31. The Morgan fingerprint density at radius 1 is 1.20 bits per heavy atom. The molecular weight excluding hydrogens is 264 g/mol. The summed E-state index contributed by atoms with van der Waals surface area (Å²) >= 11 is 5.42. The summed E-state index contributed by atoms with van der Waals surface area (Å²) in [6, 6.07) is 11.6. The summed E-state index contributed by atoms with van der Waals surface area (Å²) < 4.78 is 0. The summed E-state index contributed by atoms with van der Waals surface area (Å²) in [7, 11) is 0. The second kappa shape index (κ2) is 8.25. The molecule has 1 fully saturated rings. The van der Waals surface area contributed by atoms with Crippen LogP contribution < -0.4 is 10.6 Å². The van der Waals surface area contributed by atoms with E-state index in [1.54, 1.807) is 0 Å². The van der Waals surface area contributed by atoms with Crippen LogP contribution in [0, 0.1) is 0 Å². The van der Waals surface area contributed by atoms with Gasteiger partial charge in [-0.15, -0.1) is 0 Å². The third-order valence-corrected chi connectivity index (χ3v) is 4.26. The van der Waals surface area contributed by atoms with Crippen molar-refractivity contribution in [2.24, 2.45) is 0 Å². The van der Waals surface area contributed by atoms with E-state index in [1.165, 1.54) is 37.7 Å². The highest BCUT2D eigenvalue weighted by Gasteiger charge is 2.14. The van der Waals surface area contributed by atoms with Crippen LogP contribution in [0.1, 0.15) is 51.0 Å². The summed E-state index contributed by atoms with van der Waals surface area (Å²) in [5.74, 6) is 0. The average Bonchev–Trinajstić information content (AvgIpc) is 2.47. The smallest absolute Gasteiger partial charge is 0.166 e. The molecule has 0 radical (unpaired) electrons. The Balaban J connectivity index is 1.65. The van der Waals surface area contributed by atoms with Crippen molar-refractivity contribution in [2.45, 2.75) is 64.0 Å². The van der Waals surface area contributed by atoms with Crippen molar-refractivity contribution >= 4 is 17.3 Å². The first-order valence-corrected chi connectivity index (χ1v) is 8.26. The predicted octanol–water partition coefficient (Wildman–Crippen LogP) is 3.80. The van der Waals surface area contributed by atoms with Gasteiger partial charge in [0.1, 0.15) is 0 Å². The summed E-state index contributed by atoms with van der Waals surface area (Å²) in [5, 5.41) is 7.72. The Morgan fingerprint density at radius 2 is 1.90 bits per heavy atom. The first-order chi connectivity index (χ1) is 9.74. The van der Waals surface area contributed by atoms with E-state index in [0.29, 0.717) is 12.1 Å². The second-order valence-electron chi connectivity index (χ2n) is 5.88. The largest absolute Gasteiger partial charge is 0.360 e. The highest BCUT2D eigenvalue weighted by Crippen LogP contribution is 2.17. The molecule has 0 heterocycles. The second-order valence-corrected chi connectivity index (χ2v) is 6.29. The fourth-order valence-corrected chi connectivity index (χ4v) is 3.17.